The molecule has 2 aromatic carbocycles. The molecule has 1 heterocycles. The van der Waals surface area contributed by atoms with Crippen LogP contribution >= 0.6 is 23.8 Å². The zero-order valence-corrected chi connectivity index (χ0v) is 14.8. The molecule has 1 aliphatic heterocycles. The SMILES string of the molecule is Cc1ccccc1N1C(=O)/C(=C\Nc2cccc(Cl)c2)C(=O)NC1=S. The summed E-state index contributed by atoms with van der Waals surface area (Å²) in [5.41, 5.74) is 2.12. The molecule has 0 bridgehead atoms. The number of thiocarbonyl (C=S) groups is 1. The average molecular weight is 372 g/mol. The summed E-state index contributed by atoms with van der Waals surface area (Å²) < 4.78 is 0. The van der Waals surface area contributed by atoms with E-state index in [9.17, 15) is 9.59 Å². The normalized spacial score (nSPS) is 16.2. The van der Waals surface area contributed by atoms with Gasteiger partial charge in [0.25, 0.3) is 11.8 Å². The van der Waals surface area contributed by atoms with Gasteiger partial charge in [0.05, 0.1) is 5.69 Å². The Bertz CT molecular complexity index is 911. The van der Waals surface area contributed by atoms with Crippen LogP contribution in [0.2, 0.25) is 5.02 Å². The topological polar surface area (TPSA) is 61.4 Å². The fourth-order valence-electron chi connectivity index (χ4n) is 2.42. The van der Waals surface area contributed by atoms with Gasteiger partial charge in [-0.15, -0.1) is 0 Å². The second-order valence-corrected chi connectivity index (χ2v) is 6.22. The molecular formula is C18H14ClN3O2S. The van der Waals surface area contributed by atoms with Gasteiger partial charge in [0.15, 0.2) is 5.11 Å². The van der Waals surface area contributed by atoms with Crippen LogP contribution in [0.15, 0.2) is 60.3 Å². The predicted octanol–water partition coefficient (Wildman–Crippen LogP) is 3.39. The number of hydrogen-bond donors (Lipinski definition) is 2. The molecule has 126 valence electrons. The van der Waals surface area contributed by atoms with Crippen LogP contribution in [0.1, 0.15) is 5.56 Å². The molecule has 0 spiro atoms. The van der Waals surface area contributed by atoms with Crippen LogP contribution in [0.5, 0.6) is 0 Å². The van der Waals surface area contributed by atoms with Crippen molar-refractivity contribution in [2.24, 2.45) is 0 Å². The number of nitrogens with zero attached hydrogens (tertiary/aromatic N) is 1. The van der Waals surface area contributed by atoms with Gasteiger partial charge in [0.2, 0.25) is 0 Å². The number of anilines is 2. The van der Waals surface area contributed by atoms with Gasteiger partial charge >= 0.3 is 0 Å². The molecule has 5 nitrogen and oxygen atoms in total. The third-order valence-electron chi connectivity index (χ3n) is 3.67. The Balaban J connectivity index is 1.93. The lowest BCUT2D eigenvalue weighted by molar-refractivity contribution is -0.122. The number of amides is 2. The Labute approximate surface area is 155 Å². The number of aryl methyl sites for hydroxylation is 1. The minimum Gasteiger partial charge on any atom is -0.361 e. The van der Waals surface area contributed by atoms with Crippen molar-refractivity contribution in [2.45, 2.75) is 6.92 Å². The number of carbonyl (C=O) groups excluding carboxylic acids is 2. The molecule has 2 N–H and O–H groups in total. The van der Waals surface area contributed by atoms with Gasteiger partial charge in [-0.1, -0.05) is 35.9 Å². The van der Waals surface area contributed by atoms with Crippen LogP contribution in [0.25, 0.3) is 0 Å². The zero-order valence-electron chi connectivity index (χ0n) is 13.2. The van der Waals surface area contributed by atoms with Crippen LogP contribution in [-0.4, -0.2) is 16.9 Å². The molecule has 2 amide bonds. The number of carbonyl (C=O) groups is 2. The van der Waals surface area contributed by atoms with Crippen molar-refractivity contribution in [3.63, 3.8) is 0 Å². The quantitative estimate of drug-likeness (QED) is 0.493. The van der Waals surface area contributed by atoms with Crippen molar-refractivity contribution < 1.29 is 9.59 Å². The monoisotopic (exact) mass is 371 g/mol. The second kappa shape index (κ2) is 7.04. The number of nitrogens with one attached hydrogen (secondary N) is 2. The van der Waals surface area contributed by atoms with E-state index in [-0.39, 0.29) is 10.7 Å². The summed E-state index contributed by atoms with van der Waals surface area (Å²) in [7, 11) is 0. The molecule has 0 atom stereocenters. The summed E-state index contributed by atoms with van der Waals surface area (Å²) in [6.45, 7) is 1.87. The smallest absolute Gasteiger partial charge is 0.271 e. The molecule has 1 fully saturated rings. The Morgan fingerprint density at radius 3 is 2.64 bits per heavy atom. The summed E-state index contributed by atoms with van der Waals surface area (Å²) >= 11 is 11.1. The van der Waals surface area contributed by atoms with Gasteiger partial charge in [-0.05, 0) is 49.0 Å². The van der Waals surface area contributed by atoms with E-state index < -0.39 is 11.8 Å². The van der Waals surface area contributed by atoms with Crippen LogP contribution in [0.3, 0.4) is 0 Å². The highest BCUT2D eigenvalue weighted by Gasteiger charge is 2.35. The van der Waals surface area contributed by atoms with Crippen LogP contribution < -0.4 is 15.5 Å². The Hall–Kier alpha value is -2.70. The number of para-hydroxylation sites is 1. The minimum absolute atomic E-state index is 0.0446. The first-order valence-electron chi connectivity index (χ1n) is 7.45. The molecule has 1 saturated heterocycles. The molecule has 25 heavy (non-hydrogen) atoms. The lowest BCUT2D eigenvalue weighted by Crippen LogP contribution is -2.54. The summed E-state index contributed by atoms with van der Waals surface area (Å²) in [6, 6.07) is 14.3. The van der Waals surface area contributed by atoms with E-state index in [0.717, 1.165) is 5.56 Å². The van der Waals surface area contributed by atoms with E-state index in [1.165, 1.54) is 11.1 Å². The predicted molar refractivity (Wildman–Crippen MR) is 103 cm³/mol. The van der Waals surface area contributed by atoms with Gasteiger partial charge < -0.3 is 5.32 Å². The van der Waals surface area contributed by atoms with E-state index in [0.29, 0.717) is 16.4 Å². The van der Waals surface area contributed by atoms with Gasteiger partial charge in [0, 0.05) is 16.9 Å². The van der Waals surface area contributed by atoms with Crippen molar-refractivity contribution >= 4 is 52.1 Å². The maximum absolute atomic E-state index is 12.8. The molecule has 0 aliphatic carbocycles. The largest absolute Gasteiger partial charge is 0.361 e. The van der Waals surface area contributed by atoms with Crippen LogP contribution in [0, 0.1) is 6.92 Å². The lowest BCUT2D eigenvalue weighted by atomic mass is 10.1. The number of hydrogen-bond acceptors (Lipinski definition) is 4. The van der Waals surface area contributed by atoms with Crippen molar-refractivity contribution in [3.8, 4) is 0 Å². The van der Waals surface area contributed by atoms with Crippen molar-refractivity contribution in [1.29, 1.82) is 0 Å². The molecule has 0 saturated carbocycles. The number of halogens is 1. The molecule has 1 aliphatic rings. The molecule has 2 aromatic rings. The fraction of sp³-hybridized carbons (Fsp3) is 0.0556. The second-order valence-electron chi connectivity index (χ2n) is 5.40. The molecule has 3 rings (SSSR count). The first-order valence-corrected chi connectivity index (χ1v) is 8.23. The van der Waals surface area contributed by atoms with Crippen LogP contribution in [-0.2, 0) is 9.59 Å². The average Bonchev–Trinajstić information content (AvgIpc) is 2.56. The third kappa shape index (κ3) is 3.55. The molecule has 0 unspecified atom stereocenters. The standard InChI is InChI=1S/C18H14ClN3O2S/c1-11-5-2-3-8-15(11)22-17(24)14(16(23)21-18(22)25)10-20-13-7-4-6-12(19)9-13/h2-10,20H,1H3,(H,21,23,25)/b14-10-. The molecular weight excluding hydrogens is 358 g/mol. The maximum Gasteiger partial charge on any atom is 0.271 e. The van der Waals surface area contributed by atoms with E-state index >= 15 is 0 Å². The third-order valence-corrected chi connectivity index (χ3v) is 4.19. The first-order chi connectivity index (χ1) is 12.0. The van der Waals surface area contributed by atoms with Crippen molar-refractivity contribution in [2.75, 3.05) is 10.2 Å². The number of benzene rings is 2. The van der Waals surface area contributed by atoms with Crippen molar-refractivity contribution in [1.82, 2.24) is 5.32 Å². The van der Waals surface area contributed by atoms with E-state index in [4.69, 9.17) is 23.8 Å². The Morgan fingerprint density at radius 1 is 1.16 bits per heavy atom. The minimum atomic E-state index is -0.547. The molecule has 7 heteroatoms. The van der Waals surface area contributed by atoms with E-state index in [1.807, 2.05) is 25.1 Å². The van der Waals surface area contributed by atoms with Gasteiger partial charge in [-0.2, -0.15) is 0 Å². The van der Waals surface area contributed by atoms with Gasteiger partial charge in [-0.25, -0.2) is 0 Å². The van der Waals surface area contributed by atoms with E-state index in [2.05, 4.69) is 10.6 Å². The summed E-state index contributed by atoms with van der Waals surface area (Å²) in [5, 5.41) is 6.07. The van der Waals surface area contributed by atoms with E-state index in [1.54, 1.807) is 30.3 Å². The van der Waals surface area contributed by atoms with Gasteiger partial charge in [0.1, 0.15) is 5.57 Å². The van der Waals surface area contributed by atoms with Gasteiger partial charge in [-0.3, -0.25) is 19.8 Å². The first kappa shape index (κ1) is 17.1. The fourth-order valence-corrected chi connectivity index (χ4v) is 2.89. The summed E-state index contributed by atoms with van der Waals surface area (Å²) in [4.78, 5) is 26.3. The van der Waals surface area contributed by atoms with Crippen LogP contribution in [0.4, 0.5) is 11.4 Å². The Morgan fingerprint density at radius 2 is 1.92 bits per heavy atom. The molecule has 0 radical (unpaired) electrons. The number of rotatable bonds is 3. The maximum atomic E-state index is 12.8. The summed E-state index contributed by atoms with van der Waals surface area (Å²) in [5.74, 6) is -1.04. The summed E-state index contributed by atoms with van der Waals surface area (Å²) in [6.07, 6.45) is 1.36. The lowest BCUT2D eigenvalue weighted by Gasteiger charge is -2.29. The highest BCUT2D eigenvalue weighted by atomic mass is 35.5. The highest BCUT2D eigenvalue weighted by molar-refractivity contribution is 7.80. The van der Waals surface area contributed by atoms with Crippen molar-refractivity contribution in [3.05, 3.63) is 70.9 Å². The molecule has 0 aromatic heterocycles. The zero-order chi connectivity index (χ0) is 18.0. The Kier molecular flexibility index (Phi) is 4.83. The highest BCUT2D eigenvalue weighted by Crippen LogP contribution is 2.24.